The third kappa shape index (κ3) is 16.9. The molecule has 0 radical (unpaired) electrons. The zero-order valence-corrected chi connectivity index (χ0v) is 24.0. The molecule has 2 rings (SSSR count). The molecule has 0 fully saturated rings. The zero-order chi connectivity index (χ0) is 28.1. The summed E-state index contributed by atoms with van der Waals surface area (Å²) in [6.07, 6.45) is 1.96. The summed E-state index contributed by atoms with van der Waals surface area (Å²) in [5.41, 5.74) is 2.24. The first kappa shape index (κ1) is 31.7. The van der Waals surface area contributed by atoms with E-state index >= 15 is 0 Å². The first-order valence-corrected chi connectivity index (χ1v) is 18.7. The number of ether oxygens (including phenoxy) is 1. The van der Waals surface area contributed by atoms with E-state index in [9.17, 15) is 24.9 Å². The van der Waals surface area contributed by atoms with Crippen molar-refractivity contribution in [3.63, 3.8) is 0 Å². The molecular formula is C23H31N3O9Se2. The van der Waals surface area contributed by atoms with E-state index in [-0.39, 0.29) is 0 Å². The van der Waals surface area contributed by atoms with Crippen molar-refractivity contribution in [3.05, 3.63) is 66.2 Å². The van der Waals surface area contributed by atoms with Crippen molar-refractivity contribution in [2.24, 2.45) is 0 Å². The molecule has 0 atom stereocenters. The molecule has 37 heavy (non-hydrogen) atoms. The Labute approximate surface area is 219 Å². The second-order valence-electron chi connectivity index (χ2n) is 7.88. The number of carboxylic acid groups (broad SMARTS) is 2. The van der Waals surface area contributed by atoms with Crippen molar-refractivity contribution >= 4 is 49.2 Å². The molecule has 14 heteroatoms. The van der Waals surface area contributed by atoms with Gasteiger partial charge in [0.1, 0.15) is 0 Å². The maximum absolute atomic E-state index is 11.3. The molecule has 204 valence electrons. The molecule has 0 saturated heterocycles. The largest absolute Gasteiger partial charge is 0.478 e. The Balaban J connectivity index is 0.000000738. The number of nitrogens with one attached hydrogen (secondary N) is 2. The summed E-state index contributed by atoms with van der Waals surface area (Å²) in [4.78, 5) is 21.3. The van der Waals surface area contributed by atoms with Crippen LogP contribution in [0.3, 0.4) is 0 Å². The fraction of sp³-hybridized carbons (Fsp3) is 0.304. The monoisotopic (exact) mass is 653 g/mol. The Morgan fingerprint density at radius 3 is 1.65 bits per heavy atom. The molecule has 0 aliphatic carbocycles. The predicted octanol–water partition coefficient (Wildman–Crippen LogP) is 2.63. The fourth-order valence-electron chi connectivity index (χ4n) is 2.68. The number of nitrogens with zero attached hydrogens (tertiary/aromatic N) is 1. The quantitative estimate of drug-likeness (QED) is 0.184. The number of rotatable bonds is 13. The van der Waals surface area contributed by atoms with Crippen molar-refractivity contribution in [2.75, 3.05) is 35.4 Å². The van der Waals surface area contributed by atoms with Crippen LogP contribution in [-0.2, 0) is 31.3 Å². The summed E-state index contributed by atoms with van der Waals surface area (Å²) >= 11 is -7.99. The zero-order valence-electron chi connectivity index (χ0n) is 20.6. The van der Waals surface area contributed by atoms with Gasteiger partial charge in [-0.1, -0.05) is 0 Å². The van der Waals surface area contributed by atoms with Crippen LogP contribution in [0.15, 0.2) is 60.7 Å². The molecule has 0 bridgehead atoms. The van der Waals surface area contributed by atoms with Crippen LogP contribution in [-0.4, -0.2) is 79.6 Å². The van der Waals surface area contributed by atoms with Crippen LogP contribution in [0, 0.1) is 0 Å². The molecule has 2 aromatic rings. The molecule has 4 N–H and O–H groups in total. The van der Waals surface area contributed by atoms with Crippen LogP contribution in [0.25, 0.3) is 0 Å². The fourth-order valence-corrected chi connectivity index (χ4v) is 5.05. The van der Waals surface area contributed by atoms with Crippen molar-refractivity contribution in [1.29, 1.82) is 0 Å². The number of benzene rings is 2. The Morgan fingerprint density at radius 1 is 0.811 bits per heavy atom. The van der Waals surface area contributed by atoms with Crippen molar-refractivity contribution in [3.8, 4) is 5.75 Å². The van der Waals surface area contributed by atoms with Crippen LogP contribution in [0.4, 0.5) is 11.4 Å². The van der Waals surface area contributed by atoms with Crippen molar-refractivity contribution < 1.29 is 39.9 Å². The first-order valence-electron chi connectivity index (χ1n) is 10.7. The van der Waals surface area contributed by atoms with Crippen LogP contribution < -0.4 is 13.4 Å². The van der Waals surface area contributed by atoms with Crippen LogP contribution in [0.1, 0.15) is 5.56 Å². The van der Waals surface area contributed by atoms with Gasteiger partial charge in [0.15, 0.2) is 0 Å². The smallest absolute Gasteiger partial charge is 0.328 e. The molecule has 0 aliphatic rings. The summed E-state index contributed by atoms with van der Waals surface area (Å²) in [5, 5.41) is 15.6. The van der Waals surface area contributed by atoms with Gasteiger partial charge >= 0.3 is 187 Å². The summed E-state index contributed by atoms with van der Waals surface area (Å²) in [6, 6.07) is 14.2. The molecule has 0 saturated carbocycles. The van der Waals surface area contributed by atoms with Gasteiger partial charge < -0.3 is 10.2 Å². The number of hydrogen-bond acceptors (Lipinski definition) is 8. The average Bonchev–Trinajstić information content (AvgIpc) is 2.77. The molecule has 0 aliphatic heterocycles. The molecule has 12 nitrogen and oxygen atoms in total. The van der Waals surface area contributed by atoms with Gasteiger partial charge in [0.05, 0.1) is 0 Å². The van der Waals surface area contributed by atoms with Crippen molar-refractivity contribution in [1.82, 2.24) is 4.90 Å². The van der Waals surface area contributed by atoms with Crippen molar-refractivity contribution in [2.45, 2.75) is 18.1 Å². The number of carbonyl (C=O) groups is 2. The summed E-state index contributed by atoms with van der Waals surface area (Å²) in [7, 11) is 2.01. The Kier molecular flexibility index (Phi) is 12.9. The normalized spacial score (nSPS) is 11.5. The van der Waals surface area contributed by atoms with Gasteiger partial charge in [0, 0.05) is 12.2 Å². The summed E-state index contributed by atoms with van der Waals surface area (Å²) in [5.74, 6) is 0.545. The number of likely N-dealkylation sites (N-methyl/N-ethyl adjacent to an activating group) is 1. The van der Waals surface area contributed by atoms with Crippen LogP contribution >= 0.6 is 0 Å². The van der Waals surface area contributed by atoms with Gasteiger partial charge in [0.2, 0.25) is 0 Å². The number of anilines is 2. The standard InChI is InChI=1S/C19H27N3O5Se2.C4H4O4/c1-22(13-12-16-4-6-17(7-5-16)20-28(2,23)24)14-15-27-19-10-8-18(9-11-19)21-29(3,25)26;5-3(6)1-2-4(7)8/h4-11,20-21H,12-15H2,1-3H3;1-2H,(H,5,6)(H,7,8)/b;2-1-. The Bertz CT molecular complexity index is 1240. The average molecular weight is 651 g/mol. The van der Waals surface area contributed by atoms with E-state index in [1.165, 1.54) is 11.6 Å². The maximum atomic E-state index is 11.3. The molecular weight excluding hydrogens is 620 g/mol. The Morgan fingerprint density at radius 2 is 1.24 bits per heavy atom. The number of hydrogen-bond donors (Lipinski definition) is 4. The minimum absolute atomic E-state index is 0.513. The van der Waals surface area contributed by atoms with E-state index < -0.39 is 37.8 Å². The predicted molar refractivity (Wildman–Crippen MR) is 137 cm³/mol. The van der Waals surface area contributed by atoms with E-state index in [0.717, 1.165) is 25.1 Å². The third-order valence-electron chi connectivity index (χ3n) is 4.31. The van der Waals surface area contributed by atoms with Crippen LogP contribution in [0.5, 0.6) is 5.75 Å². The minimum atomic E-state index is -4.01. The summed E-state index contributed by atoms with van der Waals surface area (Å²) in [6.45, 7) is 2.09. The maximum Gasteiger partial charge on any atom is 0.328 e. The van der Waals surface area contributed by atoms with Gasteiger partial charge in [-0.3, -0.25) is 0 Å². The minimum Gasteiger partial charge on any atom is -0.478 e. The summed E-state index contributed by atoms with van der Waals surface area (Å²) < 4.78 is 55.8. The van der Waals surface area contributed by atoms with E-state index in [1.54, 1.807) is 36.4 Å². The van der Waals surface area contributed by atoms with Gasteiger partial charge in [-0.15, -0.1) is 0 Å². The molecule has 0 unspecified atom stereocenters. The van der Waals surface area contributed by atoms with Gasteiger partial charge in [0.25, 0.3) is 0 Å². The van der Waals surface area contributed by atoms with Gasteiger partial charge in [-0.25, -0.2) is 9.59 Å². The SMILES string of the molecule is CN(CCOc1ccc(N[Se](C)(=O)=O)cc1)CCc1ccc(N[Se](C)(=O)=O)cc1.O=C(O)/C=C\C(=O)O. The number of carboxylic acids is 2. The van der Waals surface area contributed by atoms with E-state index in [2.05, 4.69) is 13.6 Å². The Hall–Kier alpha value is -3.28. The molecule has 0 amide bonds. The first-order chi connectivity index (χ1) is 17.1. The van der Waals surface area contributed by atoms with Gasteiger partial charge in [-0.2, -0.15) is 0 Å². The molecule has 2 aromatic carbocycles. The van der Waals surface area contributed by atoms with E-state index in [4.69, 9.17) is 14.9 Å². The second-order valence-corrected chi connectivity index (χ2v) is 15.2. The molecule has 0 aromatic heterocycles. The van der Waals surface area contributed by atoms with Crippen LogP contribution in [0.2, 0.25) is 11.6 Å². The number of aliphatic carboxylic acids is 2. The third-order valence-corrected chi connectivity index (χ3v) is 6.85. The van der Waals surface area contributed by atoms with E-state index in [1.807, 2.05) is 19.2 Å². The second kappa shape index (κ2) is 15.1. The molecule has 0 heterocycles. The molecule has 0 spiro atoms. The topological polar surface area (TPSA) is 179 Å². The van der Waals surface area contributed by atoms with Gasteiger partial charge in [-0.05, 0) is 0 Å². The van der Waals surface area contributed by atoms with E-state index in [0.29, 0.717) is 35.9 Å².